The molecule has 0 atom stereocenters. The van der Waals surface area contributed by atoms with Gasteiger partial charge in [-0.05, 0) is 61.9 Å². The van der Waals surface area contributed by atoms with Gasteiger partial charge in [-0.1, -0.05) is 0 Å². The van der Waals surface area contributed by atoms with Crippen LogP contribution in [0.2, 0.25) is 0 Å². The topological polar surface area (TPSA) is 72.2 Å². The van der Waals surface area contributed by atoms with Crippen molar-refractivity contribution in [2.24, 2.45) is 0 Å². The fourth-order valence-electron chi connectivity index (χ4n) is 2.55. The summed E-state index contributed by atoms with van der Waals surface area (Å²) in [6.07, 6.45) is 0.315. The van der Waals surface area contributed by atoms with E-state index in [0.717, 1.165) is 6.07 Å². The second-order valence-electron chi connectivity index (χ2n) is 6.09. The van der Waals surface area contributed by atoms with Gasteiger partial charge in [0.25, 0.3) is 0 Å². The van der Waals surface area contributed by atoms with Gasteiger partial charge in [-0.2, -0.15) is 0 Å². The summed E-state index contributed by atoms with van der Waals surface area (Å²) in [6, 6.07) is 9.37. The SMILES string of the molecule is Cc1cc(S(=O)(=O)NCCc2nc(-c3ccc(F)cc3)oc2C)ccc1F. The summed E-state index contributed by atoms with van der Waals surface area (Å²) in [5.74, 6) is 0.0962. The highest BCUT2D eigenvalue weighted by Gasteiger charge is 2.16. The summed E-state index contributed by atoms with van der Waals surface area (Å²) in [4.78, 5) is 4.36. The van der Waals surface area contributed by atoms with E-state index < -0.39 is 15.8 Å². The van der Waals surface area contributed by atoms with E-state index in [-0.39, 0.29) is 22.8 Å². The van der Waals surface area contributed by atoms with Gasteiger partial charge in [-0.25, -0.2) is 26.9 Å². The summed E-state index contributed by atoms with van der Waals surface area (Å²) in [7, 11) is -3.75. The van der Waals surface area contributed by atoms with Crippen LogP contribution < -0.4 is 4.72 Å². The molecule has 0 saturated carbocycles. The van der Waals surface area contributed by atoms with Gasteiger partial charge in [0, 0.05) is 18.5 Å². The predicted molar refractivity (Wildman–Crippen MR) is 96.7 cm³/mol. The first-order chi connectivity index (χ1) is 12.8. The van der Waals surface area contributed by atoms with E-state index in [1.165, 1.54) is 31.2 Å². The molecule has 0 amide bonds. The summed E-state index contributed by atoms with van der Waals surface area (Å²) >= 11 is 0. The second-order valence-corrected chi connectivity index (χ2v) is 7.85. The van der Waals surface area contributed by atoms with E-state index in [4.69, 9.17) is 4.42 Å². The van der Waals surface area contributed by atoms with Crippen LogP contribution in [0.5, 0.6) is 0 Å². The number of sulfonamides is 1. The molecule has 0 fully saturated rings. The van der Waals surface area contributed by atoms with E-state index >= 15 is 0 Å². The van der Waals surface area contributed by atoms with Gasteiger partial charge in [-0.3, -0.25) is 0 Å². The Balaban J connectivity index is 1.68. The number of hydrogen-bond acceptors (Lipinski definition) is 4. The molecule has 1 N–H and O–H groups in total. The van der Waals surface area contributed by atoms with Gasteiger partial charge in [0.2, 0.25) is 15.9 Å². The van der Waals surface area contributed by atoms with Gasteiger partial charge in [0.15, 0.2) is 0 Å². The molecule has 1 heterocycles. The highest BCUT2D eigenvalue weighted by molar-refractivity contribution is 7.89. The largest absolute Gasteiger partial charge is 0.441 e. The highest BCUT2D eigenvalue weighted by Crippen LogP contribution is 2.22. The monoisotopic (exact) mass is 392 g/mol. The predicted octanol–water partition coefficient (Wildman–Crippen LogP) is 3.76. The second kappa shape index (κ2) is 7.58. The molecule has 0 aliphatic rings. The van der Waals surface area contributed by atoms with Crippen molar-refractivity contribution in [1.82, 2.24) is 9.71 Å². The summed E-state index contributed by atoms with van der Waals surface area (Å²) in [5, 5.41) is 0. The van der Waals surface area contributed by atoms with Gasteiger partial charge in [0.1, 0.15) is 17.4 Å². The molecule has 8 heteroatoms. The Bertz CT molecular complexity index is 1060. The van der Waals surface area contributed by atoms with Crippen molar-refractivity contribution in [2.45, 2.75) is 25.2 Å². The fraction of sp³-hybridized carbons (Fsp3) is 0.211. The van der Waals surface area contributed by atoms with Gasteiger partial charge < -0.3 is 4.42 Å². The number of aryl methyl sites for hydroxylation is 2. The Hall–Kier alpha value is -2.58. The lowest BCUT2D eigenvalue weighted by Gasteiger charge is -2.07. The van der Waals surface area contributed by atoms with E-state index in [9.17, 15) is 17.2 Å². The summed E-state index contributed by atoms with van der Waals surface area (Å²) in [6.45, 7) is 3.34. The minimum atomic E-state index is -3.75. The molecule has 3 aromatic rings. The Kier molecular flexibility index (Phi) is 5.38. The van der Waals surface area contributed by atoms with Crippen molar-refractivity contribution in [3.05, 3.63) is 71.1 Å². The van der Waals surface area contributed by atoms with Gasteiger partial charge in [0.05, 0.1) is 10.6 Å². The smallest absolute Gasteiger partial charge is 0.240 e. The number of oxazole rings is 1. The number of rotatable bonds is 6. The lowest BCUT2D eigenvalue weighted by atomic mass is 10.2. The van der Waals surface area contributed by atoms with Gasteiger partial charge >= 0.3 is 0 Å². The van der Waals surface area contributed by atoms with Crippen molar-refractivity contribution in [1.29, 1.82) is 0 Å². The molecule has 2 aromatic carbocycles. The van der Waals surface area contributed by atoms with E-state index in [1.807, 2.05) is 0 Å². The molecule has 3 rings (SSSR count). The first kappa shape index (κ1) is 19.2. The summed E-state index contributed by atoms with van der Waals surface area (Å²) in [5.41, 5.74) is 1.49. The Labute approximate surface area is 156 Å². The lowest BCUT2D eigenvalue weighted by molar-refractivity contribution is 0.538. The van der Waals surface area contributed by atoms with Gasteiger partial charge in [-0.15, -0.1) is 0 Å². The van der Waals surface area contributed by atoms with E-state index in [1.54, 1.807) is 19.1 Å². The van der Waals surface area contributed by atoms with Crippen LogP contribution in [-0.4, -0.2) is 19.9 Å². The minimum absolute atomic E-state index is 0.00489. The van der Waals surface area contributed by atoms with Crippen LogP contribution in [0.1, 0.15) is 17.0 Å². The maximum atomic E-state index is 13.3. The molecule has 27 heavy (non-hydrogen) atoms. The molecule has 1 aromatic heterocycles. The number of nitrogens with one attached hydrogen (secondary N) is 1. The number of hydrogen-bond donors (Lipinski definition) is 1. The maximum Gasteiger partial charge on any atom is 0.240 e. The molecule has 0 bridgehead atoms. The summed E-state index contributed by atoms with van der Waals surface area (Å²) < 4.78 is 59.0. The third kappa shape index (κ3) is 4.40. The normalized spacial score (nSPS) is 11.7. The molecule has 142 valence electrons. The highest BCUT2D eigenvalue weighted by atomic mass is 32.2. The molecule has 0 saturated heterocycles. The van der Waals surface area contributed by atoms with Crippen LogP contribution in [0.25, 0.3) is 11.5 Å². The molecular weight excluding hydrogens is 374 g/mol. The fourth-order valence-corrected chi connectivity index (χ4v) is 3.66. The average molecular weight is 392 g/mol. The quantitative estimate of drug-likeness (QED) is 0.693. The molecular formula is C19H18F2N2O3S. The van der Waals surface area contributed by atoms with Crippen LogP contribution in [0.3, 0.4) is 0 Å². The van der Waals surface area contributed by atoms with Crippen molar-refractivity contribution in [3.8, 4) is 11.5 Å². The Morgan fingerprint density at radius 2 is 1.78 bits per heavy atom. The van der Waals surface area contributed by atoms with Crippen molar-refractivity contribution >= 4 is 10.0 Å². The number of nitrogens with zero attached hydrogens (tertiary/aromatic N) is 1. The van der Waals surface area contributed by atoms with Crippen LogP contribution >= 0.6 is 0 Å². The number of halogens is 2. The zero-order valence-corrected chi connectivity index (χ0v) is 15.6. The van der Waals surface area contributed by atoms with Crippen LogP contribution in [0, 0.1) is 25.5 Å². The molecule has 0 spiro atoms. The van der Waals surface area contributed by atoms with Crippen molar-refractivity contribution < 1.29 is 21.6 Å². The Morgan fingerprint density at radius 1 is 1.07 bits per heavy atom. The third-order valence-corrected chi connectivity index (χ3v) is 5.54. The minimum Gasteiger partial charge on any atom is -0.441 e. The molecule has 0 radical (unpaired) electrons. The number of benzene rings is 2. The van der Waals surface area contributed by atoms with E-state index in [2.05, 4.69) is 9.71 Å². The molecule has 0 aliphatic heterocycles. The third-order valence-electron chi connectivity index (χ3n) is 4.08. The average Bonchev–Trinajstić information content (AvgIpc) is 2.98. The van der Waals surface area contributed by atoms with Crippen molar-refractivity contribution in [2.75, 3.05) is 6.54 Å². The zero-order valence-electron chi connectivity index (χ0n) is 14.8. The van der Waals surface area contributed by atoms with E-state index in [0.29, 0.717) is 29.3 Å². The lowest BCUT2D eigenvalue weighted by Crippen LogP contribution is -2.26. The standard InChI is InChI=1S/C19H18F2N2O3S/c1-12-11-16(7-8-17(12)21)27(24,25)22-10-9-18-13(2)26-19(23-18)14-3-5-15(20)6-4-14/h3-8,11,22H,9-10H2,1-2H3. The van der Waals surface area contributed by atoms with Crippen molar-refractivity contribution in [3.63, 3.8) is 0 Å². The molecule has 5 nitrogen and oxygen atoms in total. The zero-order chi connectivity index (χ0) is 19.6. The maximum absolute atomic E-state index is 13.3. The van der Waals surface area contributed by atoms with Crippen LogP contribution in [-0.2, 0) is 16.4 Å². The molecule has 0 unspecified atom stereocenters. The first-order valence-corrected chi connectivity index (χ1v) is 9.72. The first-order valence-electron chi connectivity index (χ1n) is 8.24. The molecule has 0 aliphatic carbocycles. The Morgan fingerprint density at radius 3 is 2.44 bits per heavy atom. The van der Waals surface area contributed by atoms with Crippen LogP contribution in [0.4, 0.5) is 8.78 Å². The number of aromatic nitrogens is 1. The van der Waals surface area contributed by atoms with Crippen LogP contribution in [0.15, 0.2) is 51.8 Å².